The molecule has 0 spiro atoms. The van der Waals surface area contributed by atoms with Gasteiger partial charge in [-0.25, -0.2) is 9.37 Å². The Kier molecular flexibility index (Phi) is 5.29. The first-order valence-corrected chi connectivity index (χ1v) is 6.78. The van der Waals surface area contributed by atoms with Gasteiger partial charge in [0, 0.05) is 18.8 Å². The third kappa shape index (κ3) is 4.50. The molecule has 0 amide bonds. The number of ether oxygens (including phenoxy) is 1. The van der Waals surface area contributed by atoms with Crippen LogP contribution >= 0.6 is 0 Å². The molecule has 1 heterocycles. The summed E-state index contributed by atoms with van der Waals surface area (Å²) in [6.07, 6.45) is 5.08. The molecule has 0 aliphatic carbocycles. The number of anilines is 1. The minimum Gasteiger partial charge on any atom is -0.439 e. The highest BCUT2D eigenvalue weighted by Gasteiger charge is 2.02. The number of unbranched alkanes of at least 4 members (excludes halogenated alkanes) is 2. The van der Waals surface area contributed by atoms with E-state index in [0.29, 0.717) is 17.6 Å². The van der Waals surface area contributed by atoms with Gasteiger partial charge in [-0.2, -0.15) is 4.98 Å². The van der Waals surface area contributed by atoms with Crippen LogP contribution in [0, 0.1) is 5.82 Å². The fraction of sp³-hybridized carbons (Fsp3) is 0.333. The van der Waals surface area contributed by atoms with E-state index in [0.717, 1.165) is 13.0 Å². The van der Waals surface area contributed by atoms with Crippen LogP contribution in [-0.4, -0.2) is 16.5 Å². The smallest absolute Gasteiger partial charge is 0.225 e. The molecule has 0 atom stereocenters. The minimum absolute atomic E-state index is 0.293. The molecule has 0 bridgehead atoms. The second-order valence-electron chi connectivity index (χ2n) is 4.41. The number of benzene rings is 1. The molecule has 0 radical (unpaired) electrons. The summed E-state index contributed by atoms with van der Waals surface area (Å²) in [4.78, 5) is 8.38. The van der Waals surface area contributed by atoms with Crippen LogP contribution in [-0.2, 0) is 0 Å². The minimum atomic E-state index is -0.293. The fourth-order valence-electron chi connectivity index (χ4n) is 1.68. The summed E-state index contributed by atoms with van der Waals surface area (Å²) < 4.78 is 18.3. The van der Waals surface area contributed by atoms with Gasteiger partial charge in [0.2, 0.25) is 11.8 Å². The maximum absolute atomic E-state index is 12.8. The van der Waals surface area contributed by atoms with Gasteiger partial charge in [0.05, 0.1) is 0 Å². The van der Waals surface area contributed by atoms with Crippen molar-refractivity contribution < 1.29 is 9.13 Å². The standard InChI is InChI=1S/C15H18FN3O/c1-2-3-4-10-17-15-18-11-9-14(19-15)20-13-7-5-12(16)6-8-13/h5-9,11H,2-4,10H2,1H3,(H,17,18,19). The average molecular weight is 275 g/mol. The molecule has 0 fully saturated rings. The van der Waals surface area contributed by atoms with Gasteiger partial charge in [-0.1, -0.05) is 19.8 Å². The van der Waals surface area contributed by atoms with E-state index in [-0.39, 0.29) is 5.82 Å². The van der Waals surface area contributed by atoms with Crippen LogP contribution in [0.15, 0.2) is 36.5 Å². The van der Waals surface area contributed by atoms with Gasteiger partial charge in [-0.05, 0) is 30.7 Å². The Hall–Kier alpha value is -2.17. The number of halogens is 1. The lowest BCUT2D eigenvalue weighted by atomic mass is 10.2. The SMILES string of the molecule is CCCCCNc1nccc(Oc2ccc(F)cc2)n1. The number of rotatable bonds is 7. The summed E-state index contributed by atoms with van der Waals surface area (Å²) in [5, 5.41) is 3.15. The number of nitrogens with zero attached hydrogens (tertiary/aromatic N) is 2. The molecular weight excluding hydrogens is 257 g/mol. The summed E-state index contributed by atoms with van der Waals surface area (Å²) in [7, 11) is 0. The Morgan fingerprint density at radius 1 is 1.15 bits per heavy atom. The van der Waals surface area contributed by atoms with Gasteiger partial charge < -0.3 is 10.1 Å². The van der Waals surface area contributed by atoms with Gasteiger partial charge in [0.25, 0.3) is 0 Å². The summed E-state index contributed by atoms with van der Waals surface area (Å²) in [5.74, 6) is 1.23. The van der Waals surface area contributed by atoms with Crippen LogP contribution < -0.4 is 10.1 Å². The van der Waals surface area contributed by atoms with Crippen LogP contribution in [0.1, 0.15) is 26.2 Å². The molecule has 4 nitrogen and oxygen atoms in total. The molecule has 1 aromatic heterocycles. The Balaban J connectivity index is 1.93. The van der Waals surface area contributed by atoms with E-state index in [9.17, 15) is 4.39 Å². The number of aromatic nitrogens is 2. The van der Waals surface area contributed by atoms with Gasteiger partial charge in [0.1, 0.15) is 11.6 Å². The number of hydrogen-bond acceptors (Lipinski definition) is 4. The Labute approximate surface area is 118 Å². The molecule has 20 heavy (non-hydrogen) atoms. The number of nitrogens with one attached hydrogen (secondary N) is 1. The maximum Gasteiger partial charge on any atom is 0.225 e. The van der Waals surface area contributed by atoms with Gasteiger partial charge in [0.15, 0.2) is 0 Å². The zero-order valence-corrected chi connectivity index (χ0v) is 11.5. The molecule has 106 valence electrons. The molecule has 0 unspecified atom stereocenters. The van der Waals surface area contributed by atoms with Gasteiger partial charge >= 0.3 is 0 Å². The molecule has 5 heteroatoms. The van der Waals surface area contributed by atoms with E-state index in [1.807, 2.05) is 0 Å². The summed E-state index contributed by atoms with van der Waals surface area (Å²) in [6.45, 7) is 3.00. The summed E-state index contributed by atoms with van der Waals surface area (Å²) in [5.41, 5.74) is 0. The maximum atomic E-state index is 12.8. The molecule has 0 saturated heterocycles. The van der Waals surface area contributed by atoms with Crippen molar-refractivity contribution in [3.05, 3.63) is 42.3 Å². The van der Waals surface area contributed by atoms with E-state index in [1.54, 1.807) is 24.4 Å². The molecule has 0 saturated carbocycles. The van der Waals surface area contributed by atoms with E-state index in [2.05, 4.69) is 22.2 Å². The lowest BCUT2D eigenvalue weighted by Gasteiger charge is -2.07. The monoisotopic (exact) mass is 275 g/mol. The summed E-state index contributed by atoms with van der Waals surface area (Å²) >= 11 is 0. The van der Waals surface area contributed by atoms with E-state index in [1.165, 1.54) is 25.0 Å². The first kappa shape index (κ1) is 14.2. The Bertz CT molecular complexity index is 531. The molecule has 0 aliphatic heterocycles. The largest absolute Gasteiger partial charge is 0.439 e. The van der Waals surface area contributed by atoms with Crippen LogP contribution in [0.3, 0.4) is 0 Å². The third-order valence-electron chi connectivity index (χ3n) is 2.73. The quantitative estimate of drug-likeness (QED) is 0.775. The molecule has 0 aliphatic rings. The van der Waals surface area contributed by atoms with E-state index in [4.69, 9.17) is 4.74 Å². The fourth-order valence-corrected chi connectivity index (χ4v) is 1.68. The highest BCUT2D eigenvalue weighted by molar-refractivity contribution is 5.31. The first-order valence-electron chi connectivity index (χ1n) is 6.78. The van der Waals surface area contributed by atoms with Crippen LogP contribution in [0.4, 0.5) is 10.3 Å². The predicted octanol–water partition coefficient (Wildman–Crippen LogP) is 4.01. The summed E-state index contributed by atoms with van der Waals surface area (Å²) in [6, 6.07) is 7.49. The average Bonchev–Trinajstić information content (AvgIpc) is 2.47. The lowest BCUT2D eigenvalue weighted by molar-refractivity contribution is 0.460. The topological polar surface area (TPSA) is 47.0 Å². The molecule has 1 N–H and O–H groups in total. The molecular formula is C15H18FN3O. The Morgan fingerprint density at radius 2 is 1.95 bits per heavy atom. The van der Waals surface area contributed by atoms with Crippen LogP contribution in [0.2, 0.25) is 0 Å². The van der Waals surface area contributed by atoms with Crippen LogP contribution in [0.25, 0.3) is 0 Å². The normalized spacial score (nSPS) is 10.3. The predicted molar refractivity (Wildman–Crippen MR) is 76.5 cm³/mol. The van der Waals surface area contributed by atoms with Gasteiger partial charge in [-0.3, -0.25) is 0 Å². The first-order chi connectivity index (χ1) is 9.78. The van der Waals surface area contributed by atoms with Crippen molar-refractivity contribution in [2.45, 2.75) is 26.2 Å². The van der Waals surface area contributed by atoms with Crippen molar-refractivity contribution >= 4 is 5.95 Å². The molecule has 2 aromatic rings. The van der Waals surface area contributed by atoms with Gasteiger partial charge in [-0.15, -0.1) is 0 Å². The van der Waals surface area contributed by atoms with Crippen molar-refractivity contribution in [1.29, 1.82) is 0 Å². The highest BCUT2D eigenvalue weighted by Crippen LogP contribution is 2.19. The zero-order valence-electron chi connectivity index (χ0n) is 11.5. The molecule has 2 rings (SSSR count). The van der Waals surface area contributed by atoms with Crippen molar-refractivity contribution in [3.8, 4) is 11.6 Å². The van der Waals surface area contributed by atoms with Crippen LogP contribution in [0.5, 0.6) is 11.6 Å². The van der Waals surface area contributed by atoms with E-state index >= 15 is 0 Å². The highest BCUT2D eigenvalue weighted by atomic mass is 19.1. The van der Waals surface area contributed by atoms with Crippen molar-refractivity contribution in [2.24, 2.45) is 0 Å². The van der Waals surface area contributed by atoms with Crippen molar-refractivity contribution in [1.82, 2.24) is 9.97 Å². The number of hydrogen-bond donors (Lipinski definition) is 1. The second kappa shape index (κ2) is 7.43. The zero-order chi connectivity index (χ0) is 14.2. The van der Waals surface area contributed by atoms with Crippen molar-refractivity contribution in [2.75, 3.05) is 11.9 Å². The second-order valence-corrected chi connectivity index (χ2v) is 4.41. The third-order valence-corrected chi connectivity index (χ3v) is 2.73. The lowest BCUT2D eigenvalue weighted by Crippen LogP contribution is -2.05. The van der Waals surface area contributed by atoms with Crippen molar-refractivity contribution in [3.63, 3.8) is 0 Å². The Morgan fingerprint density at radius 3 is 2.70 bits per heavy atom. The van der Waals surface area contributed by atoms with E-state index < -0.39 is 0 Å². The molecule has 1 aromatic carbocycles.